The fourth-order valence-corrected chi connectivity index (χ4v) is 3.79. The number of amides is 3. The van der Waals surface area contributed by atoms with Crippen LogP contribution in [-0.4, -0.2) is 59.6 Å². The van der Waals surface area contributed by atoms with Crippen LogP contribution in [0.1, 0.15) is 93.4 Å². The zero-order valence-corrected chi connectivity index (χ0v) is 22.5. The van der Waals surface area contributed by atoms with Crippen molar-refractivity contribution < 1.29 is 28.7 Å². The zero-order valence-electron chi connectivity index (χ0n) is 22.5. The maximum absolute atomic E-state index is 13.2. The third-order valence-electron chi connectivity index (χ3n) is 6.13. The van der Waals surface area contributed by atoms with E-state index in [4.69, 9.17) is 4.74 Å². The van der Waals surface area contributed by atoms with E-state index in [2.05, 4.69) is 16.0 Å². The van der Waals surface area contributed by atoms with Crippen LogP contribution >= 0.6 is 0 Å². The maximum atomic E-state index is 13.2. The maximum Gasteiger partial charge on any atom is 0.243 e. The van der Waals surface area contributed by atoms with Crippen LogP contribution in [0.3, 0.4) is 0 Å². The van der Waals surface area contributed by atoms with Gasteiger partial charge >= 0.3 is 0 Å². The van der Waals surface area contributed by atoms with E-state index in [1.54, 1.807) is 6.92 Å². The Morgan fingerprint density at radius 3 is 1.97 bits per heavy atom. The quantitative estimate of drug-likeness (QED) is 0.210. The van der Waals surface area contributed by atoms with E-state index in [-0.39, 0.29) is 42.2 Å². The molecule has 3 amide bonds. The van der Waals surface area contributed by atoms with Gasteiger partial charge in [0.05, 0.1) is 12.6 Å². The van der Waals surface area contributed by atoms with E-state index in [1.165, 1.54) is 6.92 Å². The topological polar surface area (TPSA) is 134 Å². The summed E-state index contributed by atoms with van der Waals surface area (Å²) in [7, 11) is 0. The van der Waals surface area contributed by atoms with Crippen LogP contribution in [0.25, 0.3) is 0 Å². The summed E-state index contributed by atoms with van der Waals surface area (Å²) >= 11 is 0. The van der Waals surface area contributed by atoms with E-state index in [9.17, 15) is 24.0 Å². The number of carbonyl (C=O) groups is 5. The Labute approximate surface area is 209 Å². The minimum absolute atomic E-state index is 0.0949. The van der Waals surface area contributed by atoms with Crippen LogP contribution < -0.4 is 16.0 Å². The molecule has 0 radical (unpaired) electrons. The molecule has 0 aromatic rings. The van der Waals surface area contributed by atoms with E-state index >= 15 is 0 Å². The first-order valence-electron chi connectivity index (χ1n) is 12.9. The number of Topliss-reactive ketones (excluding diaryl/α,β-unsaturated/α-hetero) is 2. The lowest BCUT2D eigenvalue weighted by Gasteiger charge is -2.27. The summed E-state index contributed by atoms with van der Waals surface area (Å²) < 4.78 is 5.28. The molecule has 0 aromatic heterocycles. The van der Waals surface area contributed by atoms with Crippen molar-refractivity contribution in [1.29, 1.82) is 0 Å². The average molecular weight is 496 g/mol. The molecule has 0 aromatic carbocycles. The predicted molar refractivity (Wildman–Crippen MR) is 134 cm³/mol. The van der Waals surface area contributed by atoms with Gasteiger partial charge in [-0.05, 0) is 44.9 Å². The largest absolute Gasteiger partial charge is 0.361 e. The van der Waals surface area contributed by atoms with Gasteiger partial charge in [-0.2, -0.15) is 0 Å². The SMILES string of the molecule is CCCCCC(=O)N[C@H](C(=O)N[C@@H](CCC(C)=O)C(=O)N[C@@H](CC(C)C)C(=O)[C@]1(C)CO1)C(C)C. The molecule has 0 bridgehead atoms. The highest BCUT2D eigenvalue weighted by Crippen LogP contribution is 2.29. The monoisotopic (exact) mass is 495 g/mol. The molecule has 0 saturated carbocycles. The van der Waals surface area contributed by atoms with Crippen molar-refractivity contribution in [2.45, 2.75) is 117 Å². The lowest BCUT2D eigenvalue weighted by Crippen LogP contribution is -2.57. The fraction of sp³-hybridized carbons (Fsp3) is 0.808. The molecule has 1 saturated heterocycles. The van der Waals surface area contributed by atoms with Gasteiger partial charge < -0.3 is 25.5 Å². The van der Waals surface area contributed by atoms with Gasteiger partial charge in [0.2, 0.25) is 17.7 Å². The molecular formula is C26H45N3O6. The lowest BCUT2D eigenvalue weighted by molar-refractivity contribution is -0.135. The number of unbranched alkanes of at least 4 members (excludes halogenated alkanes) is 2. The standard InChI is InChI=1S/C26H45N3O6/c1-8-9-10-11-21(31)29-22(17(4)5)25(34)27-19(13-12-18(6)30)24(33)28-20(14-16(2)3)23(32)26(7)15-35-26/h16-17,19-20,22H,8-15H2,1-7H3,(H,27,34)(H,28,33)(H,29,31)/t19-,20-,22-,26-/m0/s1. The zero-order chi connectivity index (χ0) is 26.8. The summed E-state index contributed by atoms with van der Waals surface area (Å²) in [6, 6.07) is -2.59. The molecule has 1 heterocycles. The average Bonchev–Trinajstić information content (AvgIpc) is 3.51. The van der Waals surface area contributed by atoms with Gasteiger partial charge in [-0.1, -0.05) is 47.5 Å². The van der Waals surface area contributed by atoms with Gasteiger partial charge in [0.15, 0.2) is 5.78 Å². The van der Waals surface area contributed by atoms with Crippen LogP contribution in [0.15, 0.2) is 0 Å². The lowest BCUT2D eigenvalue weighted by atomic mass is 9.93. The van der Waals surface area contributed by atoms with E-state index in [0.717, 1.165) is 19.3 Å². The molecule has 0 unspecified atom stereocenters. The van der Waals surface area contributed by atoms with E-state index < -0.39 is 35.5 Å². The van der Waals surface area contributed by atoms with Crippen molar-refractivity contribution in [3.8, 4) is 0 Å². The van der Waals surface area contributed by atoms with Gasteiger partial charge in [-0.15, -0.1) is 0 Å². The highest BCUT2D eigenvalue weighted by atomic mass is 16.6. The second kappa shape index (κ2) is 14.3. The van der Waals surface area contributed by atoms with E-state index in [0.29, 0.717) is 19.4 Å². The Balaban J connectivity index is 2.95. The number of hydrogen-bond acceptors (Lipinski definition) is 6. The smallest absolute Gasteiger partial charge is 0.243 e. The fourth-order valence-electron chi connectivity index (χ4n) is 3.79. The summed E-state index contributed by atoms with van der Waals surface area (Å²) in [6.45, 7) is 13.0. The molecular weight excluding hydrogens is 450 g/mol. The van der Waals surface area contributed by atoms with Gasteiger partial charge in [0.1, 0.15) is 23.5 Å². The predicted octanol–water partition coefficient (Wildman–Crippen LogP) is 2.45. The molecule has 9 heteroatoms. The van der Waals surface area contributed by atoms with E-state index in [1.807, 2.05) is 34.6 Å². The number of carbonyl (C=O) groups excluding carboxylic acids is 5. The molecule has 0 spiro atoms. The number of ketones is 2. The van der Waals surface area contributed by atoms with Crippen molar-refractivity contribution in [1.82, 2.24) is 16.0 Å². The van der Waals surface area contributed by atoms with Crippen molar-refractivity contribution in [3.05, 3.63) is 0 Å². The molecule has 1 aliphatic rings. The Kier molecular flexibility index (Phi) is 12.6. The Bertz CT molecular complexity index is 760. The van der Waals surface area contributed by atoms with Crippen LogP contribution in [0.2, 0.25) is 0 Å². The molecule has 4 atom stereocenters. The minimum Gasteiger partial charge on any atom is -0.361 e. The summed E-state index contributed by atoms with van der Waals surface area (Å²) in [5, 5.41) is 8.28. The third kappa shape index (κ3) is 10.9. The van der Waals surface area contributed by atoms with Gasteiger partial charge in [-0.25, -0.2) is 0 Å². The highest BCUT2D eigenvalue weighted by Gasteiger charge is 2.50. The molecule has 9 nitrogen and oxygen atoms in total. The molecule has 1 rings (SSSR count). The normalized spacial score (nSPS) is 19.6. The molecule has 1 aliphatic heterocycles. The number of epoxide rings is 1. The van der Waals surface area contributed by atoms with Crippen LogP contribution in [0.5, 0.6) is 0 Å². The second-order valence-corrected chi connectivity index (χ2v) is 10.6. The summed E-state index contributed by atoms with van der Waals surface area (Å²) in [5.41, 5.74) is -0.893. The number of nitrogens with one attached hydrogen (secondary N) is 3. The van der Waals surface area contributed by atoms with Gasteiger partial charge in [0.25, 0.3) is 0 Å². The molecule has 0 aliphatic carbocycles. The number of rotatable bonds is 17. The summed E-state index contributed by atoms with van der Waals surface area (Å²) in [6.07, 6.45) is 3.61. The van der Waals surface area contributed by atoms with Crippen LogP contribution in [-0.2, 0) is 28.7 Å². The first-order chi connectivity index (χ1) is 16.3. The van der Waals surface area contributed by atoms with Crippen LogP contribution in [0, 0.1) is 11.8 Å². The molecule has 3 N–H and O–H groups in total. The number of hydrogen-bond donors (Lipinski definition) is 3. The third-order valence-corrected chi connectivity index (χ3v) is 6.13. The Morgan fingerprint density at radius 2 is 1.49 bits per heavy atom. The highest BCUT2D eigenvalue weighted by molar-refractivity contribution is 5.98. The second-order valence-electron chi connectivity index (χ2n) is 10.6. The Hall–Kier alpha value is -2.29. The van der Waals surface area contributed by atoms with Crippen molar-refractivity contribution in [2.75, 3.05) is 6.61 Å². The first-order valence-corrected chi connectivity index (χ1v) is 12.9. The number of ether oxygens (including phenoxy) is 1. The summed E-state index contributed by atoms with van der Waals surface area (Å²) in [4.78, 5) is 63.2. The van der Waals surface area contributed by atoms with Gasteiger partial charge in [-0.3, -0.25) is 19.2 Å². The van der Waals surface area contributed by atoms with Crippen molar-refractivity contribution in [3.63, 3.8) is 0 Å². The van der Waals surface area contributed by atoms with Gasteiger partial charge in [0, 0.05) is 12.8 Å². The first kappa shape index (κ1) is 30.7. The molecule has 35 heavy (non-hydrogen) atoms. The molecule has 1 fully saturated rings. The van der Waals surface area contributed by atoms with Crippen molar-refractivity contribution in [2.24, 2.45) is 11.8 Å². The molecule has 200 valence electrons. The summed E-state index contributed by atoms with van der Waals surface area (Å²) in [5.74, 6) is -1.60. The minimum atomic E-state index is -1.01. The van der Waals surface area contributed by atoms with Crippen molar-refractivity contribution >= 4 is 29.3 Å². The van der Waals surface area contributed by atoms with Crippen LogP contribution in [0.4, 0.5) is 0 Å². The Morgan fingerprint density at radius 1 is 0.886 bits per heavy atom.